The van der Waals surface area contributed by atoms with Crippen molar-refractivity contribution < 1.29 is 28.5 Å². The molecule has 1 aromatic carbocycles. The molecule has 0 saturated heterocycles. The average molecular weight is 352 g/mol. The number of carbonyl (C=O) groups is 1. The Bertz CT molecular complexity index is 634. The van der Waals surface area contributed by atoms with Crippen LogP contribution in [-0.2, 0) is 16.0 Å². The highest BCUT2D eigenvalue weighted by Crippen LogP contribution is 2.49. The van der Waals surface area contributed by atoms with Gasteiger partial charge in [0.05, 0.1) is 35.0 Å². The molecule has 140 valence electrons. The van der Waals surface area contributed by atoms with Gasteiger partial charge in [-0.2, -0.15) is 0 Å². The van der Waals surface area contributed by atoms with Crippen LogP contribution < -0.4 is 18.9 Å². The van der Waals surface area contributed by atoms with Crippen molar-refractivity contribution in [3.63, 3.8) is 0 Å². The van der Waals surface area contributed by atoms with Gasteiger partial charge >= 0.3 is 5.97 Å². The molecule has 0 aliphatic heterocycles. The lowest BCUT2D eigenvalue weighted by atomic mass is 10.00. The van der Waals surface area contributed by atoms with Crippen LogP contribution in [0, 0.1) is 6.92 Å². The van der Waals surface area contributed by atoms with Crippen LogP contribution in [0.3, 0.4) is 0 Å². The molecule has 6 nitrogen and oxygen atoms in total. The van der Waals surface area contributed by atoms with Gasteiger partial charge in [-0.1, -0.05) is 13.0 Å². The Hall–Kier alpha value is -2.37. The second kappa shape index (κ2) is 9.81. The summed E-state index contributed by atoms with van der Waals surface area (Å²) in [5, 5.41) is 0. The monoisotopic (exact) mass is 352 g/mol. The fourth-order valence-electron chi connectivity index (χ4n) is 2.55. The summed E-state index contributed by atoms with van der Waals surface area (Å²) in [5.74, 6) is 1.76. The zero-order valence-electron chi connectivity index (χ0n) is 16.1. The van der Waals surface area contributed by atoms with Gasteiger partial charge in [0.25, 0.3) is 0 Å². The van der Waals surface area contributed by atoms with Crippen LogP contribution in [0.4, 0.5) is 0 Å². The first kappa shape index (κ1) is 20.7. The maximum Gasteiger partial charge on any atom is 0.333 e. The van der Waals surface area contributed by atoms with E-state index in [-0.39, 0.29) is 5.97 Å². The van der Waals surface area contributed by atoms with Crippen molar-refractivity contribution in [1.29, 1.82) is 0 Å². The Morgan fingerprint density at radius 3 is 1.92 bits per heavy atom. The number of esters is 1. The fourth-order valence-corrected chi connectivity index (χ4v) is 2.55. The number of benzene rings is 1. The van der Waals surface area contributed by atoms with E-state index < -0.39 is 0 Å². The standard InChI is InChI=1S/C19H28O6/c1-8-11-25-19(20)12(2)9-10-14-13(3)15(21-4)17(23-6)18(24-7)16(14)22-5/h9H,8,10-11H2,1-7H3. The molecule has 0 fully saturated rings. The number of hydrogen-bond donors (Lipinski definition) is 0. The summed E-state index contributed by atoms with van der Waals surface area (Å²) in [7, 11) is 6.23. The highest BCUT2D eigenvalue weighted by Gasteiger charge is 2.24. The summed E-state index contributed by atoms with van der Waals surface area (Å²) in [5.41, 5.74) is 2.27. The number of carbonyl (C=O) groups excluding carboxylic acids is 1. The summed E-state index contributed by atoms with van der Waals surface area (Å²) < 4.78 is 27.1. The molecule has 0 radical (unpaired) electrons. The highest BCUT2D eigenvalue weighted by molar-refractivity contribution is 5.87. The molecule has 1 rings (SSSR count). The van der Waals surface area contributed by atoms with Crippen molar-refractivity contribution in [2.75, 3.05) is 35.0 Å². The van der Waals surface area contributed by atoms with E-state index in [4.69, 9.17) is 23.7 Å². The molecule has 0 bridgehead atoms. The predicted octanol–water partition coefficient (Wildman–Crippen LogP) is 3.47. The van der Waals surface area contributed by atoms with Crippen molar-refractivity contribution in [2.24, 2.45) is 0 Å². The molecule has 0 aliphatic rings. The van der Waals surface area contributed by atoms with Crippen molar-refractivity contribution in [2.45, 2.75) is 33.6 Å². The number of methoxy groups -OCH3 is 4. The minimum atomic E-state index is -0.314. The molecule has 0 saturated carbocycles. The fraction of sp³-hybridized carbons (Fsp3) is 0.526. The SMILES string of the molecule is CCCOC(=O)C(C)=CCc1c(C)c(OC)c(OC)c(OC)c1OC. The van der Waals surface area contributed by atoms with Crippen LogP contribution >= 0.6 is 0 Å². The number of ether oxygens (including phenoxy) is 5. The largest absolute Gasteiger partial charge is 0.492 e. The second-order valence-electron chi connectivity index (χ2n) is 5.46. The van der Waals surface area contributed by atoms with Crippen LogP contribution in [0.2, 0.25) is 0 Å². The molecule has 1 aromatic rings. The van der Waals surface area contributed by atoms with Gasteiger partial charge in [-0.15, -0.1) is 0 Å². The summed E-state index contributed by atoms with van der Waals surface area (Å²) >= 11 is 0. The average Bonchev–Trinajstić information content (AvgIpc) is 2.63. The first-order valence-corrected chi connectivity index (χ1v) is 8.15. The second-order valence-corrected chi connectivity index (χ2v) is 5.46. The van der Waals surface area contributed by atoms with Crippen LogP contribution in [-0.4, -0.2) is 41.0 Å². The normalized spacial score (nSPS) is 11.1. The maximum absolute atomic E-state index is 11.9. The Labute approximate surface area is 149 Å². The lowest BCUT2D eigenvalue weighted by molar-refractivity contribution is -0.138. The maximum atomic E-state index is 11.9. The minimum Gasteiger partial charge on any atom is -0.492 e. The quantitative estimate of drug-likeness (QED) is 0.501. The van der Waals surface area contributed by atoms with E-state index in [0.717, 1.165) is 17.5 Å². The first-order valence-electron chi connectivity index (χ1n) is 8.15. The lowest BCUT2D eigenvalue weighted by Crippen LogP contribution is -2.08. The molecule has 0 aromatic heterocycles. The molecule has 0 aliphatic carbocycles. The van der Waals surface area contributed by atoms with Crippen LogP contribution in [0.5, 0.6) is 23.0 Å². The zero-order valence-corrected chi connectivity index (χ0v) is 16.1. The van der Waals surface area contributed by atoms with Gasteiger partial charge in [0, 0.05) is 16.7 Å². The summed E-state index contributed by atoms with van der Waals surface area (Å²) in [4.78, 5) is 11.9. The molecule has 6 heteroatoms. The van der Waals surface area contributed by atoms with Gasteiger partial charge < -0.3 is 23.7 Å². The number of rotatable bonds is 9. The third-order valence-electron chi connectivity index (χ3n) is 3.87. The van der Waals surface area contributed by atoms with Gasteiger partial charge in [0.1, 0.15) is 0 Å². The van der Waals surface area contributed by atoms with Crippen LogP contribution in [0.15, 0.2) is 11.6 Å². The van der Waals surface area contributed by atoms with E-state index >= 15 is 0 Å². The number of allylic oxidation sites excluding steroid dienone is 1. The van der Waals surface area contributed by atoms with Crippen LogP contribution in [0.25, 0.3) is 0 Å². The van der Waals surface area contributed by atoms with Crippen LogP contribution in [0.1, 0.15) is 31.4 Å². The Kier molecular flexibility index (Phi) is 8.11. The first-order chi connectivity index (χ1) is 12.0. The van der Waals surface area contributed by atoms with Crippen molar-refractivity contribution in [1.82, 2.24) is 0 Å². The third-order valence-corrected chi connectivity index (χ3v) is 3.87. The molecule has 0 heterocycles. The summed E-state index contributed by atoms with van der Waals surface area (Å²) in [6, 6.07) is 0. The molecule has 0 N–H and O–H groups in total. The molecule has 0 unspecified atom stereocenters. The summed E-state index contributed by atoms with van der Waals surface area (Å²) in [6.45, 7) is 6.02. The Balaban J connectivity index is 3.33. The van der Waals surface area contributed by atoms with Crippen molar-refractivity contribution in [3.8, 4) is 23.0 Å². The molecule has 25 heavy (non-hydrogen) atoms. The zero-order chi connectivity index (χ0) is 19.0. The Morgan fingerprint density at radius 2 is 1.44 bits per heavy atom. The molecular formula is C19H28O6. The van der Waals surface area contributed by atoms with E-state index in [1.807, 2.05) is 19.9 Å². The molecule has 0 spiro atoms. The highest BCUT2D eigenvalue weighted by atomic mass is 16.5. The molecule has 0 atom stereocenters. The van der Waals surface area contributed by atoms with E-state index in [2.05, 4.69) is 0 Å². The number of hydrogen-bond acceptors (Lipinski definition) is 6. The third kappa shape index (κ3) is 4.59. The van der Waals surface area contributed by atoms with Gasteiger partial charge in [-0.05, 0) is 26.7 Å². The van der Waals surface area contributed by atoms with E-state index in [1.165, 1.54) is 0 Å². The Morgan fingerprint density at radius 1 is 0.920 bits per heavy atom. The predicted molar refractivity (Wildman–Crippen MR) is 96.1 cm³/mol. The smallest absolute Gasteiger partial charge is 0.333 e. The van der Waals surface area contributed by atoms with Gasteiger partial charge in [-0.25, -0.2) is 4.79 Å². The van der Waals surface area contributed by atoms with E-state index in [9.17, 15) is 4.79 Å². The molecular weight excluding hydrogens is 324 g/mol. The van der Waals surface area contributed by atoms with E-state index in [0.29, 0.717) is 41.6 Å². The van der Waals surface area contributed by atoms with E-state index in [1.54, 1.807) is 35.4 Å². The molecule has 0 amide bonds. The van der Waals surface area contributed by atoms with Crippen molar-refractivity contribution >= 4 is 5.97 Å². The topological polar surface area (TPSA) is 63.2 Å². The summed E-state index contributed by atoms with van der Waals surface area (Å²) in [6.07, 6.45) is 3.08. The van der Waals surface area contributed by atoms with Crippen molar-refractivity contribution in [3.05, 3.63) is 22.8 Å². The van der Waals surface area contributed by atoms with Gasteiger partial charge in [-0.3, -0.25) is 0 Å². The lowest BCUT2D eigenvalue weighted by Gasteiger charge is -2.21. The minimum absolute atomic E-state index is 0.314. The van der Waals surface area contributed by atoms with Gasteiger partial charge in [0.2, 0.25) is 11.5 Å². The van der Waals surface area contributed by atoms with Gasteiger partial charge in [0.15, 0.2) is 11.5 Å².